The fourth-order valence-electron chi connectivity index (χ4n) is 3.35. The van der Waals surface area contributed by atoms with Crippen LogP contribution in [0.15, 0.2) is 60.9 Å². The third-order valence-corrected chi connectivity index (χ3v) is 5.07. The molecule has 2 atom stereocenters. The Morgan fingerprint density at radius 1 is 1.18 bits per heavy atom. The first-order valence-corrected chi connectivity index (χ1v) is 9.36. The first kappa shape index (κ1) is 18.1. The largest absolute Gasteiger partial charge is 0.485 e. The molecule has 2 heterocycles. The lowest BCUT2D eigenvalue weighted by Gasteiger charge is -2.34. The van der Waals surface area contributed by atoms with Crippen molar-refractivity contribution in [3.8, 4) is 11.5 Å². The zero-order valence-corrected chi connectivity index (χ0v) is 16.0. The lowest BCUT2D eigenvalue weighted by atomic mass is 10.1. The second-order valence-corrected chi connectivity index (χ2v) is 6.89. The summed E-state index contributed by atoms with van der Waals surface area (Å²) in [6.45, 7) is 4.56. The maximum atomic E-state index is 13.4. The molecule has 1 aliphatic rings. The van der Waals surface area contributed by atoms with Gasteiger partial charge in [-0.25, -0.2) is 4.98 Å². The van der Waals surface area contributed by atoms with E-state index in [4.69, 9.17) is 9.47 Å². The van der Waals surface area contributed by atoms with Gasteiger partial charge in [-0.2, -0.15) is 0 Å². The highest BCUT2D eigenvalue weighted by molar-refractivity contribution is 5.82. The lowest BCUT2D eigenvalue weighted by molar-refractivity contribution is -0.144. The van der Waals surface area contributed by atoms with E-state index in [0.29, 0.717) is 18.0 Å². The maximum absolute atomic E-state index is 13.4. The van der Waals surface area contributed by atoms with Crippen molar-refractivity contribution in [2.24, 2.45) is 0 Å². The summed E-state index contributed by atoms with van der Waals surface area (Å²) in [6.07, 6.45) is 0.956. The molecule has 1 N–H and O–H groups in total. The van der Waals surface area contributed by atoms with Crippen molar-refractivity contribution in [2.75, 3.05) is 6.61 Å². The second-order valence-electron chi connectivity index (χ2n) is 6.89. The fraction of sp³-hybridized carbons (Fsp3) is 0.273. The first-order valence-electron chi connectivity index (χ1n) is 9.36. The third-order valence-electron chi connectivity index (χ3n) is 5.07. The number of hydrogen-bond donors (Lipinski definition) is 1. The quantitative estimate of drug-likeness (QED) is 0.737. The number of H-pyrrole nitrogens is 1. The molecule has 0 unspecified atom stereocenters. The van der Waals surface area contributed by atoms with Crippen LogP contribution in [0.2, 0.25) is 0 Å². The van der Waals surface area contributed by atoms with E-state index in [1.165, 1.54) is 0 Å². The van der Waals surface area contributed by atoms with E-state index >= 15 is 0 Å². The fourth-order valence-corrected chi connectivity index (χ4v) is 3.35. The average Bonchev–Trinajstić information content (AvgIpc) is 3.15. The SMILES string of the molecule is Cc1[nH]cnc1CN(C(=O)[C@@H]1COc2ccccc2O1)[C@@H](C)c1ccccc1. The number of nitrogens with one attached hydrogen (secondary N) is 1. The summed E-state index contributed by atoms with van der Waals surface area (Å²) in [5, 5.41) is 0. The van der Waals surface area contributed by atoms with Crippen LogP contribution in [0.5, 0.6) is 11.5 Å². The summed E-state index contributed by atoms with van der Waals surface area (Å²) < 4.78 is 11.7. The van der Waals surface area contributed by atoms with Gasteiger partial charge >= 0.3 is 0 Å². The Morgan fingerprint density at radius 3 is 2.61 bits per heavy atom. The highest BCUT2D eigenvalue weighted by atomic mass is 16.6. The minimum Gasteiger partial charge on any atom is -0.485 e. The molecule has 0 saturated heterocycles. The molecule has 2 aromatic carbocycles. The topological polar surface area (TPSA) is 67.5 Å². The van der Waals surface area contributed by atoms with Crippen LogP contribution in [0.4, 0.5) is 0 Å². The number of hydrogen-bond acceptors (Lipinski definition) is 4. The summed E-state index contributed by atoms with van der Waals surface area (Å²) in [7, 11) is 0. The van der Waals surface area contributed by atoms with Gasteiger partial charge in [0, 0.05) is 5.69 Å². The molecule has 0 bridgehead atoms. The van der Waals surface area contributed by atoms with Crippen LogP contribution >= 0.6 is 0 Å². The number of carbonyl (C=O) groups is 1. The summed E-state index contributed by atoms with van der Waals surface area (Å²) in [4.78, 5) is 22.7. The number of aromatic nitrogens is 2. The normalized spacial score (nSPS) is 16.4. The molecule has 0 fully saturated rings. The van der Waals surface area contributed by atoms with Crippen molar-refractivity contribution in [2.45, 2.75) is 32.5 Å². The van der Waals surface area contributed by atoms with Crippen LogP contribution in [-0.2, 0) is 11.3 Å². The number of fused-ring (bicyclic) bond motifs is 1. The number of amides is 1. The van der Waals surface area contributed by atoms with Crippen LogP contribution in [-0.4, -0.2) is 33.5 Å². The van der Waals surface area contributed by atoms with Crippen molar-refractivity contribution in [3.05, 3.63) is 77.9 Å². The van der Waals surface area contributed by atoms with Crippen molar-refractivity contribution in [1.29, 1.82) is 0 Å². The summed E-state index contributed by atoms with van der Waals surface area (Å²) in [5.41, 5.74) is 2.85. The van der Waals surface area contributed by atoms with Crippen molar-refractivity contribution >= 4 is 5.91 Å². The molecule has 0 radical (unpaired) electrons. The van der Waals surface area contributed by atoms with Gasteiger partial charge in [0.1, 0.15) is 6.61 Å². The second kappa shape index (κ2) is 7.76. The summed E-state index contributed by atoms with van der Waals surface area (Å²) in [5.74, 6) is 1.14. The Labute approximate surface area is 164 Å². The van der Waals surface area contributed by atoms with Gasteiger partial charge in [-0.1, -0.05) is 42.5 Å². The van der Waals surface area contributed by atoms with E-state index in [1.807, 2.05) is 68.4 Å². The number of rotatable bonds is 5. The number of ether oxygens (including phenoxy) is 2. The summed E-state index contributed by atoms with van der Waals surface area (Å²) in [6, 6.07) is 17.2. The van der Waals surface area contributed by atoms with Crippen LogP contribution in [0.25, 0.3) is 0 Å². The number of aryl methyl sites for hydroxylation is 1. The third kappa shape index (κ3) is 3.58. The molecular weight excluding hydrogens is 354 g/mol. The molecule has 4 rings (SSSR count). The molecule has 0 aliphatic carbocycles. The number of para-hydroxylation sites is 2. The first-order chi connectivity index (χ1) is 13.6. The molecule has 0 saturated carbocycles. The Bertz CT molecular complexity index is 954. The zero-order chi connectivity index (χ0) is 19.5. The molecule has 6 nitrogen and oxygen atoms in total. The van der Waals surface area contributed by atoms with Gasteiger partial charge in [-0.3, -0.25) is 4.79 Å². The minimum atomic E-state index is -0.694. The Hall–Kier alpha value is -3.28. The molecule has 1 aliphatic heterocycles. The van der Waals surface area contributed by atoms with Crippen LogP contribution in [0, 0.1) is 6.92 Å². The molecule has 144 valence electrons. The molecule has 0 spiro atoms. The van der Waals surface area contributed by atoms with E-state index in [1.54, 1.807) is 11.2 Å². The van der Waals surface area contributed by atoms with Gasteiger partial charge in [0.15, 0.2) is 11.5 Å². The van der Waals surface area contributed by atoms with Crippen molar-refractivity contribution in [1.82, 2.24) is 14.9 Å². The predicted molar refractivity (Wildman–Crippen MR) is 105 cm³/mol. The van der Waals surface area contributed by atoms with Crippen molar-refractivity contribution in [3.63, 3.8) is 0 Å². The van der Waals surface area contributed by atoms with Gasteiger partial charge in [0.2, 0.25) is 6.10 Å². The average molecular weight is 377 g/mol. The van der Waals surface area contributed by atoms with E-state index in [-0.39, 0.29) is 18.6 Å². The molecule has 1 aromatic heterocycles. The standard InChI is InChI=1S/C22H23N3O3/c1-15-18(24-14-23-15)12-25(16(2)17-8-4-3-5-9-17)22(26)21-13-27-19-10-6-7-11-20(19)28-21/h3-11,14,16,21H,12-13H2,1-2H3,(H,23,24)/t16-,21-/m0/s1. The monoisotopic (exact) mass is 377 g/mol. The van der Waals surface area contributed by atoms with Gasteiger partial charge < -0.3 is 19.4 Å². The lowest BCUT2D eigenvalue weighted by Crippen LogP contribution is -2.47. The number of carbonyl (C=O) groups excluding carboxylic acids is 1. The number of aromatic amines is 1. The number of benzene rings is 2. The molecule has 3 aromatic rings. The number of nitrogens with zero attached hydrogens (tertiary/aromatic N) is 2. The van der Waals surface area contributed by atoms with Gasteiger partial charge in [-0.05, 0) is 31.5 Å². The van der Waals surface area contributed by atoms with Crippen LogP contribution in [0.3, 0.4) is 0 Å². The highest BCUT2D eigenvalue weighted by Gasteiger charge is 2.34. The zero-order valence-electron chi connectivity index (χ0n) is 16.0. The van der Waals surface area contributed by atoms with Gasteiger partial charge in [-0.15, -0.1) is 0 Å². The molecule has 28 heavy (non-hydrogen) atoms. The molecule has 1 amide bonds. The predicted octanol–water partition coefficient (Wildman–Crippen LogP) is 3.65. The van der Waals surface area contributed by atoms with E-state index in [0.717, 1.165) is 17.0 Å². The Balaban J connectivity index is 1.61. The molecule has 6 heteroatoms. The Morgan fingerprint density at radius 2 is 1.89 bits per heavy atom. The maximum Gasteiger partial charge on any atom is 0.268 e. The van der Waals surface area contributed by atoms with E-state index in [9.17, 15) is 4.79 Å². The van der Waals surface area contributed by atoms with Gasteiger partial charge in [0.05, 0.1) is 24.6 Å². The smallest absolute Gasteiger partial charge is 0.268 e. The van der Waals surface area contributed by atoms with Crippen LogP contribution in [0.1, 0.15) is 29.9 Å². The van der Waals surface area contributed by atoms with E-state index < -0.39 is 6.10 Å². The van der Waals surface area contributed by atoms with Gasteiger partial charge in [0.25, 0.3) is 5.91 Å². The van der Waals surface area contributed by atoms with Crippen molar-refractivity contribution < 1.29 is 14.3 Å². The highest BCUT2D eigenvalue weighted by Crippen LogP contribution is 2.32. The number of imidazole rings is 1. The van der Waals surface area contributed by atoms with Crippen LogP contribution < -0.4 is 9.47 Å². The molecular formula is C22H23N3O3. The van der Waals surface area contributed by atoms with E-state index in [2.05, 4.69) is 9.97 Å². The summed E-state index contributed by atoms with van der Waals surface area (Å²) >= 11 is 0. The minimum absolute atomic E-state index is 0.117. The Kier molecular flexibility index (Phi) is 5.02.